The number of anilines is 4. The van der Waals surface area contributed by atoms with Crippen LogP contribution in [0.4, 0.5) is 28.4 Å². The zero-order valence-corrected chi connectivity index (χ0v) is 41.0. The van der Waals surface area contributed by atoms with Gasteiger partial charge in [-0.15, -0.1) is 0 Å². The predicted octanol–water partition coefficient (Wildman–Crippen LogP) is 9.33. The number of rotatable bonds is 11. The van der Waals surface area contributed by atoms with Gasteiger partial charge in [0.15, 0.2) is 11.4 Å². The van der Waals surface area contributed by atoms with E-state index in [1.165, 1.54) is 42.9 Å². The summed E-state index contributed by atoms with van der Waals surface area (Å²) in [6, 6.07) is 21.5. The summed E-state index contributed by atoms with van der Waals surface area (Å²) < 4.78 is 43.0. The van der Waals surface area contributed by atoms with Gasteiger partial charge in [-0.25, -0.2) is 13.1 Å². The highest BCUT2D eigenvalue weighted by atomic mass is 32.2. The molecule has 0 radical (unpaired) electrons. The smallest absolute Gasteiger partial charge is 0.297 e. The number of hydrogen-bond donors (Lipinski definition) is 4. The van der Waals surface area contributed by atoms with Crippen LogP contribution in [0, 0.1) is 21.4 Å². The number of amides is 1. The Kier molecular flexibility index (Phi) is 12.2. The number of aromatic amines is 1. The SMILES string of the molecule is CC(C)c1ccccc1[C@@H]1CCCN1C1CC2(CCN(c3ccc(C(=O)NS(=O)(=O)c4cc5c(c([N+](=O)[O-])c4)N[C@H](C[C@H]4CC[C@H](O)CC4)CO5)c(N4C[C@@H](C)Oc5nc6[nH]ccc6cc54)c3)CC2)C1. The lowest BCUT2D eigenvalue weighted by molar-refractivity contribution is -0.384. The van der Waals surface area contributed by atoms with E-state index < -0.39 is 31.4 Å². The maximum atomic E-state index is 14.6. The van der Waals surface area contributed by atoms with Gasteiger partial charge in [0.05, 0.1) is 39.8 Å². The molecule has 4 N–H and O–H groups in total. The van der Waals surface area contributed by atoms with E-state index in [0.717, 1.165) is 75.3 Å². The summed E-state index contributed by atoms with van der Waals surface area (Å²) in [7, 11) is -4.66. The number of nitro benzene ring substituents is 1. The Morgan fingerprint density at radius 1 is 1.00 bits per heavy atom. The second kappa shape index (κ2) is 18.4. The molecule has 3 atom stereocenters. The quantitative estimate of drug-likeness (QED) is 0.0723. The number of pyridine rings is 1. The summed E-state index contributed by atoms with van der Waals surface area (Å²) in [5.41, 5.74) is 5.73. The Labute approximate surface area is 409 Å². The number of likely N-dealkylation sites (tertiary alicyclic amines) is 1. The first kappa shape index (κ1) is 46.5. The lowest BCUT2D eigenvalue weighted by atomic mass is 9.59. The molecule has 1 spiro atoms. The molecule has 17 heteroatoms. The van der Waals surface area contributed by atoms with E-state index in [2.05, 4.69) is 62.9 Å². The maximum Gasteiger partial charge on any atom is 0.297 e. The molecule has 5 aromatic rings. The molecule has 2 aromatic heterocycles. The van der Waals surface area contributed by atoms with E-state index in [4.69, 9.17) is 14.5 Å². The van der Waals surface area contributed by atoms with Gasteiger partial charge in [0, 0.05) is 54.6 Å². The van der Waals surface area contributed by atoms with Crippen LogP contribution in [0.25, 0.3) is 11.0 Å². The fourth-order valence-corrected chi connectivity index (χ4v) is 13.6. The standard InChI is InChI=1S/C53H64N8O8S/c1-32(2)41-7-4-5-8-42(41)44-9-6-20-59(44)38-28-53(29-38)17-21-58(22-18-53)37-12-15-43(45(25-37)60-30-33(3)69-52-47(60)24-35-16-19-54-50(35)56-52)51(63)57-70(66,67)40-26-46(61(64)65)49-48(27-40)68-31-36(55-49)23-34-10-13-39(62)14-11-34/h4-5,7-8,12,15-16,19,24-27,32-34,36,38-39,44,55,62H,6,9-11,13-14,17-18,20-23,28-31H2,1-3H3,(H,54,56)(H,57,63)/t33-,34-,36-,39-,44+/m1/s1. The molecule has 16 nitrogen and oxygen atoms in total. The first-order valence-electron chi connectivity index (χ1n) is 25.3. The number of H-pyrrole nitrogens is 1. The predicted molar refractivity (Wildman–Crippen MR) is 269 cm³/mol. The molecule has 2 aliphatic carbocycles. The topological polar surface area (TPSA) is 195 Å². The van der Waals surface area contributed by atoms with E-state index in [-0.39, 0.29) is 41.9 Å². The van der Waals surface area contributed by atoms with E-state index in [1.54, 1.807) is 12.3 Å². The monoisotopic (exact) mass is 972 g/mol. The van der Waals surface area contributed by atoms with Crippen molar-refractivity contribution in [2.75, 3.05) is 47.9 Å². The number of piperidine rings is 1. The summed E-state index contributed by atoms with van der Waals surface area (Å²) in [5.74, 6) is 0.352. The number of sulfonamides is 1. The molecule has 2 saturated carbocycles. The van der Waals surface area contributed by atoms with Gasteiger partial charge in [-0.3, -0.25) is 19.8 Å². The van der Waals surface area contributed by atoms with Gasteiger partial charge in [-0.1, -0.05) is 38.1 Å². The third-order valence-corrected chi connectivity index (χ3v) is 17.6. The molecule has 1 amide bonds. The summed E-state index contributed by atoms with van der Waals surface area (Å²) in [6.07, 6.45) is 12.0. The lowest BCUT2D eigenvalue weighted by Crippen LogP contribution is -2.55. The molecule has 70 heavy (non-hydrogen) atoms. The molecule has 6 aliphatic rings. The number of nitrogens with zero attached hydrogens (tertiary/aromatic N) is 5. The highest BCUT2D eigenvalue weighted by Gasteiger charge is 2.50. The van der Waals surface area contributed by atoms with Gasteiger partial charge in [0.25, 0.3) is 21.6 Å². The molecule has 3 aromatic carbocycles. The van der Waals surface area contributed by atoms with E-state index in [9.17, 15) is 28.4 Å². The van der Waals surface area contributed by atoms with Crippen molar-refractivity contribution in [3.05, 3.63) is 99.7 Å². The number of nitrogens with one attached hydrogen (secondary N) is 3. The molecular weight excluding hydrogens is 909 g/mol. The molecule has 370 valence electrons. The van der Waals surface area contributed by atoms with Crippen molar-refractivity contribution >= 4 is 55.4 Å². The first-order valence-corrected chi connectivity index (χ1v) is 26.8. The van der Waals surface area contributed by atoms with Crippen molar-refractivity contribution in [3.63, 3.8) is 0 Å². The summed E-state index contributed by atoms with van der Waals surface area (Å²) in [6.45, 7) is 9.91. The second-order valence-electron chi connectivity index (χ2n) is 21.3. The third-order valence-electron chi connectivity index (χ3n) is 16.3. The zero-order chi connectivity index (χ0) is 48.5. The normalized spacial score (nSPS) is 24.6. The first-order chi connectivity index (χ1) is 33.7. The average Bonchev–Trinajstić information content (AvgIpc) is 4.02. The van der Waals surface area contributed by atoms with Crippen LogP contribution in [0.15, 0.2) is 77.8 Å². The number of aliphatic hydroxyl groups is 1. The van der Waals surface area contributed by atoms with Gasteiger partial charge < -0.3 is 34.7 Å². The number of fused-ring (bicyclic) bond motifs is 3. The summed E-state index contributed by atoms with van der Waals surface area (Å²) in [4.78, 5) is 41.0. The van der Waals surface area contributed by atoms with Crippen molar-refractivity contribution in [3.8, 4) is 11.6 Å². The molecule has 6 heterocycles. The maximum absolute atomic E-state index is 14.6. The van der Waals surface area contributed by atoms with Crippen LogP contribution < -0.4 is 29.3 Å². The van der Waals surface area contributed by atoms with Crippen LogP contribution in [0.5, 0.6) is 11.6 Å². The average molecular weight is 973 g/mol. The lowest BCUT2D eigenvalue weighted by Gasteiger charge is -2.56. The highest BCUT2D eigenvalue weighted by Crippen LogP contribution is 2.55. The molecule has 0 unspecified atom stereocenters. The molecule has 4 fully saturated rings. The minimum absolute atomic E-state index is 0.0262. The number of aliphatic hydroxyl groups excluding tert-OH is 1. The molecule has 11 rings (SSSR count). The van der Waals surface area contributed by atoms with Crippen molar-refractivity contribution in [1.82, 2.24) is 19.6 Å². The number of ether oxygens (including phenoxy) is 2. The van der Waals surface area contributed by atoms with E-state index in [1.807, 2.05) is 36.1 Å². The van der Waals surface area contributed by atoms with Gasteiger partial charge in [0.1, 0.15) is 24.0 Å². The second-order valence-corrected chi connectivity index (χ2v) is 22.9. The van der Waals surface area contributed by atoms with Crippen molar-refractivity contribution in [1.29, 1.82) is 0 Å². The van der Waals surface area contributed by atoms with Crippen LogP contribution >= 0.6 is 0 Å². The largest absolute Gasteiger partial charge is 0.489 e. The minimum atomic E-state index is -4.66. The fraction of sp³-hybridized carbons (Fsp3) is 0.509. The van der Waals surface area contributed by atoms with Gasteiger partial charge in [-0.2, -0.15) is 4.98 Å². The zero-order valence-electron chi connectivity index (χ0n) is 40.2. The Hall–Kier alpha value is -5.91. The van der Waals surface area contributed by atoms with Crippen LogP contribution in [0.2, 0.25) is 0 Å². The van der Waals surface area contributed by atoms with E-state index >= 15 is 0 Å². The van der Waals surface area contributed by atoms with E-state index in [0.29, 0.717) is 65.2 Å². The summed E-state index contributed by atoms with van der Waals surface area (Å²) in [5, 5.41) is 26.5. The number of nitro groups is 1. The number of hydrogen-bond acceptors (Lipinski definition) is 13. The molecule has 0 bridgehead atoms. The van der Waals surface area contributed by atoms with Crippen LogP contribution in [-0.2, 0) is 10.0 Å². The van der Waals surface area contributed by atoms with Gasteiger partial charge in [0.2, 0.25) is 5.88 Å². The number of benzene rings is 3. The van der Waals surface area contributed by atoms with Crippen LogP contribution in [0.1, 0.15) is 125 Å². The Morgan fingerprint density at radius 3 is 2.56 bits per heavy atom. The number of carbonyl (C=O) groups excluding carboxylic acids is 1. The van der Waals surface area contributed by atoms with Crippen LogP contribution in [-0.4, -0.2) is 96.3 Å². The Bertz CT molecular complexity index is 2920. The minimum Gasteiger partial charge on any atom is -0.489 e. The molecule has 4 aliphatic heterocycles. The summed E-state index contributed by atoms with van der Waals surface area (Å²) >= 11 is 0. The number of aromatic nitrogens is 2. The highest BCUT2D eigenvalue weighted by molar-refractivity contribution is 7.90. The van der Waals surface area contributed by atoms with Gasteiger partial charge in [-0.05, 0) is 143 Å². The number of carbonyl (C=O) groups is 1. The van der Waals surface area contributed by atoms with Crippen molar-refractivity contribution in [2.24, 2.45) is 11.3 Å². The van der Waals surface area contributed by atoms with Crippen molar-refractivity contribution < 1.29 is 32.7 Å². The van der Waals surface area contributed by atoms with Gasteiger partial charge >= 0.3 is 0 Å². The van der Waals surface area contributed by atoms with Crippen molar-refractivity contribution in [2.45, 2.75) is 133 Å². The van der Waals surface area contributed by atoms with Crippen LogP contribution in [0.3, 0.4) is 0 Å². The molecule has 2 saturated heterocycles. The molecular formula is C53H64N8O8S. The Morgan fingerprint density at radius 2 is 1.79 bits per heavy atom. The Balaban J connectivity index is 0.844. The fourth-order valence-electron chi connectivity index (χ4n) is 12.6. The third kappa shape index (κ3) is 8.82.